The van der Waals surface area contributed by atoms with Crippen molar-refractivity contribution >= 4 is 29.9 Å². The number of ether oxygens (including phenoxy) is 2. The van der Waals surface area contributed by atoms with Crippen LogP contribution in [0, 0.1) is 6.92 Å². The third-order valence-electron chi connectivity index (χ3n) is 3.57. The smallest absolute Gasteiger partial charge is 0.387 e. The van der Waals surface area contributed by atoms with Gasteiger partial charge in [0.15, 0.2) is 5.96 Å². The van der Waals surface area contributed by atoms with Crippen LogP contribution in [0.3, 0.4) is 0 Å². The predicted molar refractivity (Wildman–Crippen MR) is 111 cm³/mol. The fourth-order valence-corrected chi connectivity index (χ4v) is 2.18. The Labute approximate surface area is 171 Å². The van der Waals surface area contributed by atoms with Crippen molar-refractivity contribution in [3.05, 3.63) is 29.3 Å². The zero-order chi connectivity index (χ0) is 18.7. The standard InChI is InChI=1S/C17H28F2N4O2.HI/c1-13-5-6-15(25-16(18)19)14(11-13)12-22-17(20-2)21-7-8-23(3)9-10-24-4;/h5-6,11,16H,7-10,12H2,1-4H3,(H2,20,21,22);1H. The number of aryl methyl sites for hydroxylation is 1. The molecule has 1 aromatic carbocycles. The van der Waals surface area contributed by atoms with Gasteiger partial charge in [-0.15, -0.1) is 24.0 Å². The number of likely N-dealkylation sites (N-methyl/N-ethyl adjacent to an activating group) is 1. The maximum atomic E-state index is 12.5. The average molecular weight is 486 g/mol. The summed E-state index contributed by atoms with van der Waals surface area (Å²) in [4.78, 5) is 6.28. The SMILES string of the molecule is CN=C(NCCN(C)CCOC)NCc1cc(C)ccc1OC(F)F.I. The molecule has 0 aliphatic heterocycles. The van der Waals surface area contributed by atoms with Crippen LogP contribution in [0.4, 0.5) is 8.78 Å². The van der Waals surface area contributed by atoms with Crippen molar-refractivity contribution in [2.75, 3.05) is 47.4 Å². The first-order chi connectivity index (χ1) is 12.0. The number of hydrogen-bond acceptors (Lipinski definition) is 4. The third kappa shape index (κ3) is 10.1. The van der Waals surface area contributed by atoms with E-state index >= 15 is 0 Å². The lowest BCUT2D eigenvalue weighted by Gasteiger charge is -2.18. The van der Waals surface area contributed by atoms with E-state index in [1.54, 1.807) is 26.3 Å². The van der Waals surface area contributed by atoms with E-state index in [1.807, 2.05) is 20.0 Å². The van der Waals surface area contributed by atoms with E-state index in [-0.39, 0.29) is 29.7 Å². The summed E-state index contributed by atoms with van der Waals surface area (Å²) in [7, 11) is 5.35. The summed E-state index contributed by atoms with van der Waals surface area (Å²) in [6.45, 7) is 2.46. The highest BCUT2D eigenvalue weighted by molar-refractivity contribution is 14.0. The fraction of sp³-hybridized carbons (Fsp3) is 0.588. The normalized spacial score (nSPS) is 11.5. The molecule has 26 heavy (non-hydrogen) atoms. The lowest BCUT2D eigenvalue weighted by atomic mass is 10.1. The first kappa shape index (κ1) is 24.8. The van der Waals surface area contributed by atoms with Crippen LogP contribution in [0.25, 0.3) is 0 Å². The van der Waals surface area contributed by atoms with Crippen LogP contribution in [0.2, 0.25) is 0 Å². The number of nitrogens with one attached hydrogen (secondary N) is 2. The molecule has 2 N–H and O–H groups in total. The predicted octanol–water partition coefficient (Wildman–Crippen LogP) is 2.46. The number of rotatable bonds is 10. The second-order valence-corrected chi connectivity index (χ2v) is 5.64. The molecule has 0 amide bonds. The summed E-state index contributed by atoms with van der Waals surface area (Å²) in [6, 6.07) is 5.11. The number of hydrogen-bond donors (Lipinski definition) is 2. The van der Waals surface area contributed by atoms with Crippen molar-refractivity contribution in [3.63, 3.8) is 0 Å². The molecule has 0 saturated heterocycles. The van der Waals surface area contributed by atoms with Gasteiger partial charge < -0.3 is 25.0 Å². The van der Waals surface area contributed by atoms with E-state index in [9.17, 15) is 8.78 Å². The van der Waals surface area contributed by atoms with Crippen LogP contribution in [-0.2, 0) is 11.3 Å². The minimum absolute atomic E-state index is 0. The quantitative estimate of drug-likeness (QED) is 0.303. The zero-order valence-electron chi connectivity index (χ0n) is 15.7. The minimum Gasteiger partial charge on any atom is -0.434 e. The van der Waals surface area contributed by atoms with Gasteiger partial charge in [-0.1, -0.05) is 17.7 Å². The van der Waals surface area contributed by atoms with Gasteiger partial charge in [0.1, 0.15) is 5.75 Å². The highest BCUT2D eigenvalue weighted by Gasteiger charge is 2.10. The Hall–Kier alpha value is -1.20. The van der Waals surface area contributed by atoms with Crippen LogP contribution >= 0.6 is 24.0 Å². The Morgan fingerprint density at radius 2 is 2.00 bits per heavy atom. The lowest BCUT2D eigenvalue weighted by molar-refractivity contribution is -0.0504. The van der Waals surface area contributed by atoms with Gasteiger partial charge in [0.05, 0.1) is 6.61 Å². The molecule has 0 atom stereocenters. The molecule has 6 nitrogen and oxygen atoms in total. The van der Waals surface area contributed by atoms with Crippen LogP contribution in [0.15, 0.2) is 23.2 Å². The zero-order valence-corrected chi connectivity index (χ0v) is 18.1. The number of guanidine groups is 1. The topological polar surface area (TPSA) is 58.1 Å². The highest BCUT2D eigenvalue weighted by atomic mass is 127. The largest absolute Gasteiger partial charge is 0.434 e. The fourth-order valence-electron chi connectivity index (χ4n) is 2.18. The molecule has 0 saturated carbocycles. The molecule has 1 rings (SSSR count). The molecular weight excluding hydrogens is 457 g/mol. The number of methoxy groups -OCH3 is 1. The number of halogens is 3. The molecule has 0 radical (unpaired) electrons. The van der Waals surface area contributed by atoms with Crippen molar-refractivity contribution in [1.82, 2.24) is 15.5 Å². The molecule has 0 spiro atoms. The van der Waals surface area contributed by atoms with Gasteiger partial charge in [0.25, 0.3) is 0 Å². The average Bonchev–Trinajstić information content (AvgIpc) is 2.57. The van der Waals surface area contributed by atoms with Gasteiger partial charge in [0, 0.05) is 45.9 Å². The van der Waals surface area contributed by atoms with Gasteiger partial charge in [-0.3, -0.25) is 4.99 Å². The van der Waals surface area contributed by atoms with E-state index in [4.69, 9.17) is 4.74 Å². The van der Waals surface area contributed by atoms with Gasteiger partial charge in [-0.2, -0.15) is 8.78 Å². The number of alkyl halides is 2. The molecule has 0 aliphatic carbocycles. The molecule has 0 bridgehead atoms. The Bertz CT molecular complexity index is 547. The van der Waals surface area contributed by atoms with Gasteiger partial charge in [0.2, 0.25) is 0 Å². The minimum atomic E-state index is -2.85. The maximum absolute atomic E-state index is 12.5. The molecule has 0 fully saturated rings. The van der Waals surface area contributed by atoms with E-state index in [0.29, 0.717) is 31.2 Å². The third-order valence-corrected chi connectivity index (χ3v) is 3.57. The molecule has 0 heterocycles. The summed E-state index contributed by atoms with van der Waals surface area (Å²) >= 11 is 0. The second-order valence-electron chi connectivity index (χ2n) is 5.64. The van der Waals surface area contributed by atoms with Crippen molar-refractivity contribution in [2.45, 2.75) is 20.1 Å². The van der Waals surface area contributed by atoms with Crippen LogP contribution in [-0.4, -0.2) is 64.9 Å². The Kier molecular flexibility index (Phi) is 13.3. The first-order valence-electron chi connectivity index (χ1n) is 8.12. The monoisotopic (exact) mass is 486 g/mol. The number of benzene rings is 1. The van der Waals surface area contributed by atoms with Crippen molar-refractivity contribution in [2.24, 2.45) is 4.99 Å². The van der Waals surface area contributed by atoms with Crippen molar-refractivity contribution < 1.29 is 18.3 Å². The Balaban J connectivity index is 0.00000625. The molecule has 0 unspecified atom stereocenters. The molecule has 0 aromatic heterocycles. The summed E-state index contributed by atoms with van der Waals surface area (Å²) in [6.07, 6.45) is 0. The summed E-state index contributed by atoms with van der Waals surface area (Å²) in [5.41, 5.74) is 1.63. The Morgan fingerprint density at radius 1 is 1.27 bits per heavy atom. The first-order valence-corrected chi connectivity index (χ1v) is 8.12. The van der Waals surface area contributed by atoms with E-state index in [1.165, 1.54) is 0 Å². The summed E-state index contributed by atoms with van der Waals surface area (Å²) in [5.74, 6) is 0.771. The number of aliphatic imine (C=N–C) groups is 1. The van der Waals surface area contributed by atoms with Gasteiger partial charge in [-0.05, 0) is 20.0 Å². The number of nitrogens with zero attached hydrogens (tertiary/aromatic N) is 2. The van der Waals surface area contributed by atoms with Crippen LogP contribution < -0.4 is 15.4 Å². The van der Waals surface area contributed by atoms with E-state index < -0.39 is 6.61 Å². The highest BCUT2D eigenvalue weighted by Crippen LogP contribution is 2.21. The summed E-state index contributed by atoms with van der Waals surface area (Å²) < 4.78 is 34.6. The van der Waals surface area contributed by atoms with Gasteiger partial charge in [-0.25, -0.2) is 0 Å². The molecule has 0 aliphatic rings. The van der Waals surface area contributed by atoms with Gasteiger partial charge >= 0.3 is 6.61 Å². The second kappa shape index (κ2) is 13.9. The molecule has 1 aromatic rings. The molecule has 150 valence electrons. The summed E-state index contributed by atoms with van der Waals surface area (Å²) in [5, 5.41) is 6.30. The van der Waals surface area contributed by atoms with Crippen LogP contribution in [0.1, 0.15) is 11.1 Å². The Morgan fingerprint density at radius 3 is 2.62 bits per heavy atom. The molecule has 9 heteroatoms. The lowest BCUT2D eigenvalue weighted by Crippen LogP contribution is -2.41. The maximum Gasteiger partial charge on any atom is 0.387 e. The van der Waals surface area contributed by atoms with E-state index in [2.05, 4.69) is 25.3 Å². The van der Waals surface area contributed by atoms with Crippen molar-refractivity contribution in [3.8, 4) is 5.75 Å². The molecular formula is C17H29F2IN4O2. The van der Waals surface area contributed by atoms with Crippen molar-refractivity contribution in [1.29, 1.82) is 0 Å². The van der Waals surface area contributed by atoms with E-state index in [0.717, 1.165) is 18.7 Å². The van der Waals surface area contributed by atoms with Crippen LogP contribution in [0.5, 0.6) is 5.75 Å².